The zero-order valence-electron chi connectivity index (χ0n) is 10.3. The van der Waals surface area contributed by atoms with Crippen LogP contribution in [0.2, 0.25) is 0 Å². The molecule has 1 unspecified atom stereocenters. The maximum atomic E-state index is 5.40. The normalized spacial score (nSPS) is 19.1. The maximum absolute atomic E-state index is 5.40. The number of likely N-dealkylation sites (tertiary alicyclic amines) is 1. The molecule has 0 aromatic carbocycles. The highest BCUT2D eigenvalue weighted by Gasteiger charge is 2.17. The summed E-state index contributed by atoms with van der Waals surface area (Å²) in [5, 5.41) is 3.47. The van der Waals surface area contributed by atoms with E-state index in [4.69, 9.17) is 4.42 Å². The Bertz CT molecular complexity index is 315. The van der Waals surface area contributed by atoms with Crippen molar-refractivity contribution in [3.8, 4) is 0 Å². The predicted octanol–water partition coefficient (Wildman–Crippen LogP) is 2.16. The molecule has 1 aromatic heterocycles. The molecule has 0 amide bonds. The van der Waals surface area contributed by atoms with Gasteiger partial charge in [0, 0.05) is 12.6 Å². The number of aryl methyl sites for hydroxylation is 1. The van der Waals surface area contributed by atoms with Gasteiger partial charge in [-0.25, -0.2) is 0 Å². The van der Waals surface area contributed by atoms with Crippen molar-refractivity contribution in [1.82, 2.24) is 10.2 Å². The fourth-order valence-electron chi connectivity index (χ4n) is 2.29. The highest BCUT2D eigenvalue weighted by Crippen LogP contribution is 2.11. The van der Waals surface area contributed by atoms with Crippen molar-refractivity contribution in [3.63, 3.8) is 0 Å². The summed E-state index contributed by atoms with van der Waals surface area (Å²) in [5.74, 6) is 1.06. The van der Waals surface area contributed by atoms with Gasteiger partial charge in [0.25, 0.3) is 0 Å². The molecule has 3 heteroatoms. The molecule has 0 spiro atoms. The number of rotatable bonds is 5. The Morgan fingerprint density at radius 3 is 2.81 bits per heavy atom. The van der Waals surface area contributed by atoms with Crippen molar-refractivity contribution in [2.75, 3.05) is 19.6 Å². The molecule has 0 bridgehead atoms. The highest BCUT2D eigenvalue weighted by atomic mass is 16.3. The third-order valence-electron chi connectivity index (χ3n) is 3.46. The first-order valence-corrected chi connectivity index (χ1v) is 6.25. The standard InChI is InChI=1S/C13H22N2O/c1-11-5-8-16-13(11)10-14-9-12(2)15-6-3-4-7-15/h5,8,12,14H,3-4,6-7,9-10H2,1-2H3. The fraction of sp³-hybridized carbons (Fsp3) is 0.692. The molecule has 16 heavy (non-hydrogen) atoms. The minimum atomic E-state index is 0.637. The number of nitrogens with zero attached hydrogens (tertiary/aromatic N) is 1. The molecule has 2 rings (SSSR count). The van der Waals surface area contributed by atoms with Crippen molar-refractivity contribution >= 4 is 0 Å². The van der Waals surface area contributed by atoms with E-state index in [1.54, 1.807) is 6.26 Å². The average Bonchev–Trinajstić information content (AvgIpc) is 2.90. The van der Waals surface area contributed by atoms with Gasteiger partial charge in [0.1, 0.15) is 5.76 Å². The van der Waals surface area contributed by atoms with Gasteiger partial charge in [-0.1, -0.05) is 0 Å². The fourth-order valence-corrected chi connectivity index (χ4v) is 2.29. The molecular formula is C13H22N2O. The van der Waals surface area contributed by atoms with Crippen molar-refractivity contribution < 1.29 is 4.42 Å². The van der Waals surface area contributed by atoms with Gasteiger partial charge in [-0.3, -0.25) is 4.90 Å². The van der Waals surface area contributed by atoms with Crippen molar-refractivity contribution in [1.29, 1.82) is 0 Å². The van der Waals surface area contributed by atoms with Gasteiger partial charge in [-0.2, -0.15) is 0 Å². The number of furan rings is 1. The van der Waals surface area contributed by atoms with Gasteiger partial charge in [0.2, 0.25) is 0 Å². The van der Waals surface area contributed by atoms with Crippen LogP contribution < -0.4 is 5.32 Å². The molecule has 1 atom stereocenters. The van der Waals surface area contributed by atoms with Gasteiger partial charge >= 0.3 is 0 Å². The van der Waals surface area contributed by atoms with E-state index in [0.717, 1.165) is 18.8 Å². The second kappa shape index (κ2) is 5.51. The largest absolute Gasteiger partial charge is 0.468 e. The van der Waals surface area contributed by atoms with Gasteiger partial charge < -0.3 is 9.73 Å². The quantitative estimate of drug-likeness (QED) is 0.827. The molecule has 0 saturated carbocycles. The van der Waals surface area contributed by atoms with Crippen LogP contribution in [0.5, 0.6) is 0 Å². The van der Waals surface area contributed by atoms with Crippen molar-refractivity contribution in [2.24, 2.45) is 0 Å². The number of nitrogens with one attached hydrogen (secondary N) is 1. The SMILES string of the molecule is Cc1ccoc1CNCC(C)N1CCCC1. The molecule has 3 nitrogen and oxygen atoms in total. The van der Waals surface area contributed by atoms with Crippen LogP contribution in [-0.2, 0) is 6.54 Å². The number of hydrogen-bond donors (Lipinski definition) is 1. The van der Waals surface area contributed by atoms with E-state index in [0.29, 0.717) is 6.04 Å². The van der Waals surface area contributed by atoms with E-state index in [1.165, 1.54) is 31.5 Å². The Morgan fingerprint density at radius 2 is 2.19 bits per heavy atom. The van der Waals surface area contributed by atoms with Crippen LogP contribution in [-0.4, -0.2) is 30.6 Å². The molecule has 1 aliphatic heterocycles. The Labute approximate surface area is 97.8 Å². The Morgan fingerprint density at radius 1 is 1.44 bits per heavy atom. The lowest BCUT2D eigenvalue weighted by Crippen LogP contribution is -2.38. The van der Waals surface area contributed by atoms with Gasteiger partial charge in [0.15, 0.2) is 0 Å². The van der Waals surface area contributed by atoms with Crippen LogP contribution >= 0.6 is 0 Å². The maximum Gasteiger partial charge on any atom is 0.120 e. The third kappa shape index (κ3) is 2.86. The third-order valence-corrected chi connectivity index (χ3v) is 3.46. The lowest BCUT2D eigenvalue weighted by molar-refractivity contribution is 0.250. The zero-order chi connectivity index (χ0) is 11.4. The second-order valence-corrected chi connectivity index (χ2v) is 4.75. The van der Waals surface area contributed by atoms with Crippen LogP contribution in [0.25, 0.3) is 0 Å². The van der Waals surface area contributed by atoms with Gasteiger partial charge in [0.05, 0.1) is 12.8 Å². The molecule has 90 valence electrons. The predicted molar refractivity (Wildman–Crippen MR) is 65.4 cm³/mol. The molecule has 1 aliphatic rings. The first-order chi connectivity index (χ1) is 7.77. The van der Waals surface area contributed by atoms with E-state index in [2.05, 4.69) is 24.1 Å². The molecule has 1 aromatic rings. The van der Waals surface area contributed by atoms with E-state index in [-0.39, 0.29) is 0 Å². The summed E-state index contributed by atoms with van der Waals surface area (Å²) in [7, 11) is 0. The van der Waals surface area contributed by atoms with Crippen LogP contribution in [0, 0.1) is 6.92 Å². The first-order valence-electron chi connectivity index (χ1n) is 6.25. The van der Waals surface area contributed by atoms with Gasteiger partial charge in [-0.15, -0.1) is 0 Å². The minimum Gasteiger partial charge on any atom is -0.468 e. The van der Waals surface area contributed by atoms with Crippen molar-refractivity contribution in [2.45, 2.75) is 39.3 Å². The Kier molecular flexibility index (Phi) is 4.02. The molecule has 0 radical (unpaired) electrons. The lowest BCUT2D eigenvalue weighted by Gasteiger charge is -2.23. The van der Waals surface area contributed by atoms with E-state index in [1.807, 2.05) is 6.07 Å². The summed E-state index contributed by atoms with van der Waals surface area (Å²) < 4.78 is 5.40. The number of hydrogen-bond acceptors (Lipinski definition) is 3. The Balaban J connectivity index is 1.69. The lowest BCUT2D eigenvalue weighted by atomic mass is 10.2. The van der Waals surface area contributed by atoms with E-state index >= 15 is 0 Å². The zero-order valence-corrected chi connectivity index (χ0v) is 10.3. The van der Waals surface area contributed by atoms with E-state index in [9.17, 15) is 0 Å². The van der Waals surface area contributed by atoms with Crippen LogP contribution in [0.15, 0.2) is 16.7 Å². The smallest absolute Gasteiger partial charge is 0.120 e. The van der Waals surface area contributed by atoms with Crippen molar-refractivity contribution in [3.05, 3.63) is 23.7 Å². The minimum absolute atomic E-state index is 0.637. The summed E-state index contributed by atoms with van der Waals surface area (Å²) in [5.41, 5.74) is 1.24. The monoisotopic (exact) mass is 222 g/mol. The molecule has 1 saturated heterocycles. The molecule has 2 heterocycles. The molecule has 1 fully saturated rings. The summed E-state index contributed by atoms with van der Waals surface area (Å²) in [6.45, 7) is 8.81. The molecular weight excluding hydrogens is 200 g/mol. The molecule has 1 N–H and O–H groups in total. The average molecular weight is 222 g/mol. The Hall–Kier alpha value is -0.800. The highest BCUT2D eigenvalue weighted by molar-refractivity contribution is 5.14. The summed E-state index contributed by atoms with van der Waals surface area (Å²) in [6.07, 6.45) is 4.49. The summed E-state index contributed by atoms with van der Waals surface area (Å²) in [4.78, 5) is 2.56. The molecule has 0 aliphatic carbocycles. The topological polar surface area (TPSA) is 28.4 Å². The van der Waals surface area contributed by atoms with Crippen LogP contribution in [0.3, 0.4) is 0 Å². The second-order valence-electron chi connectivity index (χ2n) is 4.75. The van der Waals surface area contributed by atoms with Crippen LogP contribution in [0.1, 0.15) is 31.1 Å². The van der Waals surface area contributed by atoms with Crippen LogP contribution in [0.4, 0.5) is 0 Å². The van der Waals surface area contributed by atoms with Gasteiger partial charge in [-0.05, 0) is 51.4 Å². The summed E-state index contributed by atoms with van der Waals surface area (Å²) in [6, 6.07) is 2.65. The van der Waals surface area contributed by atoms with E-state index < -0.39 is 0 Å². The first kappa shape index (κ1) is 11.7. The summed E-state index contributed by atoms with van der Waals surface area (Å²) >= 11 is 0.